The maximum Gasteiger partial charge on any atom is 0.159 e. The average Bonchev–Trinajstić information content (AvgIpc) is 1.49. The molecule has 0 aliphatic rings. The number of anilines is 6. The monoisotopic (exact) mass is 1180 g/mol. The van der Waals surface area contributed by atoms with Crippen LogP contribution in [0, 0.1) is 0 Å². The highest BCUT2D eigenvalue weighted by molar-refractivity contribution is 6.39. The van der Waals surface area contributed by atoms with E-state index < -0.39 is 0 Å². The third kappa shape index (κ3) is 7.20. The van der Waals surface area contributed by atoms with Gasteiger partial charge in [0.1, 0.15) is 11.2 Å². The van der Waals surface area contributed by atoms with Gasteiger partial charge in [0.15, 0.2) is 11.2 Å². The zero-order chi connectivity index (χ0) is 61.5. The molecule has 92 heavy (non-hydrogen) atoms. The normalized spacial score (nSPS) is 12.7. The Balaban J connectivity index is 0.942. The standard InChI is InChI=1S/C86H62N4O2/c1-85(2,3)63-43-21-35-55-57-37-23-49-69(83(57)91-81(55)63)87(53-31-15-9-16-32-53)65-45-25-47-67-73(65)59-39-19-41-61-75-72(52-29-13-8-14-30-52)80-76(71(51-27-11-7-12-28-51)79(75)89(67)77(59)61)62-42-20-40-60-74-66(46-26-48-68(74)90(80)78(60)62)88(54-33-17-10-18-34-54)70-50-24-38-58-56-36-22-44-64(86(4,5)6)82(56)92-84(58)70/h7-50H,1-6H3. The molecule has 438 valence electrons. The van der Waals surface area contributed by atoms with E-state index in [1.54, 1.807) is 0 Å². The molecule has 0 N–H and O–H groups in total. The van der Waals surface area contributed by atoms with E-state index in [-0.39, 0.29) is 10.8 Å². The molecule has 6 heteroatoms. The maximum atomic E-state index is 7.22. The summed E-state index contributed by atoms with van der Waals surface area (Å²) >= 11 is 0. The van der Waals surface area contributed by atoms with E-state index in [1.807, 2.05) is 0 Å². The van der Waals surface area contributed by atoms with Crippen molar-refractivity contribution >= 4 is 154 Å². The first-order valence-electron chi connectivity index (χ1n) is 32.1. The van der Waals surface area contributed by atoms with Crippen LogP contribution in [0.25, 0.3) is 142 Å². The lowest BCUT2D eigenvalue weighted by Gasteiger charge is -2.26. The fraction of sp³-hybridized carbons (Fsp3) is 0.0930. The van der Waals surface area contributed by atoms with E-state index >= 15 is 0 Å². The van der Waals surface area contributed by atoms with Crippen molar-refractivity contribution in [2.24, 2.45) is 0 Å². The van der Waals surface area contributed by atoms with Gasteiger partial charge in [-0.2, -0.15) is 0 Å². The Labute approximate surface area is 531 Å². The highest BCUT2D eigenvalue weighted by Crippen LogP contribution is 2.57. The highest BCUT2D eigenvalue weighted by atomic mass is 16.3. The van der Waals surface area contributed by atoms with Gasteiger partial charge in [-0.1, -0.05) is 248 Å². The van der Waals surface area contributed by atoms with E-state index in [4.69, 9.17) is 8.83 Å². The Hall–Kier alpha value is -11.3. The van der Waals surface area contributed by atoms with Crippen molar-refractivity contribution in [3.8, 4) is 22.3 Å². The van der Waals surface area contributed by atoms with Gasteiger partial charge in [-0.05, 0) is 82.6 Å². The molecule has 0 spiro atoms. The molecule has 0 fully saturated rings. The molecule has 6 nitrogen and oxygen atoms in total. The molecule has 0 radical (unpaired) electrons. The summed E-state index contributed by atoms with van der Waals surface area (Å²) in [5.41, 5.74) is 23.7. The minimum Gasteiger partial charge on any atom is -0.454 e. The Morgan fingerprint density at radius 1 is 0.261 bits per heavy atom. The van der Waals surface area contributed by atoms with Gasteiger partial charge in [0.05, 0.1) is 55.8 Å². The van der Waals surface area contributed by atoms with Crippen molar-refractivity contribution in [2.75, 3.05) is 9.80 Å². The first kappa shape index (κ1) is 52.6. The number of hydrogen-bond acceptors (Lipinski definition) is 4. The molecule has 0 saturated heterocycles. The summed E-state index contributed by atoms with van der Waals surface area (Å²) < 4.78 is 19.7. The van der Waals surface area contributed by atoms with Crippen LogP contribution in [0.2, 0.25) is 0 Å². The molecule has 6 aromatic heterocycles. The molecule has 0 atom stereocenters. The van der Waals surface area contributed by atoms with Crippen LogP contribution in [0.5, 0.6) is 0 Å². The van der Waals surface area contributed by atoms with Crippen LogP contribution in [-0.2, 0) is 10.8 Å². The number of aromatic nitrogens is 2. The maximum absolute atomic E-state index is 7.22. The number of benzene rings is 13. The first-order chi connectivity index (χ1) is 45.0. The zero-order valence-corrected chi connectivity index (χ0v) is 52.0. The minimum atomic E-state index is -0.121. The average molecular weight is 1180 g/mol. The largest absolute Gasteiger partial charge is 0.454 e. The number of fused-ring (bicyclic) bond motifs is 18. The van der Waals surface area contributed by atoms with Crippen molar-refractivity contribution in [1.82, 2.24) is 8.80 Å². The minimum absolute atomic E-state index is 0.121. The summed E-state index contributed by atoms with van der Waals surface area (Å²) in [5, 5.41) is 14.0. The summed E-state index contributed by atoms with van der Waals surface area (Å²) in [6.45, 7) is 13.6. The Bertz CT molecular complexity index is 5810. The van der Waals surface area contributed by atoms with Gasteiger partial charge in [0, 0.05) is 98.3 Å². The molecular formula is C86H62N4O2. The molecule has 19 aromatic rings. The lowest BCUT2D eigenvalue weighted by atomic mass is 9.86. The summed E-state index contributed by atoms with van der Waals surface area (Å²) in [5.74, 6) is 0. The lowest BCUT2D eigenvalue weighted by Crippen LogP contribution is -2.11. The summed E-state index contributed by atoms with van der Waals surface area (Å²) in [4.78, 5) is 4.87. The fourth-order valence-electron chi connectivity index (χ4n) is 16.0. The van der Waals surface area contributed by atoms with E-state index in [0.717, 1.165) is 100 Å². The molecule has 6 heterocycles. The van der Waals surface area contributed by atoms with Gasteiger partial charge in [-0.15, -0.1) is 0 Å². The van der Waals surface area contributed by atoms with Gasteiger partial charge in [-0.25, -0.2) is 0 Å². The van der Waals surface area contributed by atoms with Crippen LogP contribution in [0.1, 0.15) is 52.7 Å². The van der Waals surface area contributed by atoms with E-state index in [2.05, 4.69) is 327 Å². The van der Waals surface area contributed by atoms with Crippen molar-refractivity contribution in [3.05, 3.63) is 278 Å². The molecular weight excluding hydrogens is 1120 g/mol. The summed E-state index contributed by atoms with van der Waals surface area (Å²) in [6, 6.07) is 98.3. The topological polar surface area (TPSA) is 41.6 Å². The van der Waals surface area contributed by atoms with Crippen LogP contribution < -0.4 is 9.80 Å². The molecule has 0 saturated carbocycles. The van der Waals surface area contributed by atoms with Crippen molar-refractivity contribution < 1.29 is 8.83 Å². The van der Waals surface area contributed by atoms with E-state index in [0.29, 0.717) is 0 Å². The van der Waals surface area contributed by atoms with E-state index in [1.165, 1.54) is 87.4 Å². The second-order valence-corrected chi connectivity index (χ2v) is 27.1. The Morgan fingerprint density at radius 3 is 0.946 bits per heavy atom. The molecule has 0 amide bonds. The van der Waals surface area contributed by atoms with Gasteiger partial charge in [0.25, 0.3) is 0 Å². The third-order valence-electron chi connectivity index (χ3n) is 19.8. The Kier molecular flexibility index (Phi) is 10.9. The predicted molar refractivity (Wildman–Crippen MR) is 388 cm³/mol. The van der Waals surface area contributed by atoms with Crippen LogP contribution in [-0.4, -0.2) is 8.80 Å². The van der Waals surface area contributed by atoms with Gasteiger partial charge >= 0.3 is 0 Å². The number of nitrogens with zero attached hydrogens (tertiary/aromatic N) is 4. The van der Waals surface area contributed by atoms with E-state index in [9.17, 15) is 0 Å². The van der Waals surface area contributed by atoms with Crippen LogP contribution >= 0.6 is 0 Å². The number of para-hydroxylation sites is 8. The molecule has 13 aromatic carbocycles. The number of hydrogen-bond donors (Lipinski definition) is 0. The third-order valence-corrected chi connectivity index (χ3v) is 19.8. The van der Waals surface area contributed by atoms with Crippen molar-refractivity contribution in [3.63, 3.8) is 0 Å². The first-order valence-corrected chi connectivity index (χ1v) is 32.1. The molecule has 0 aliphatic carbocycles. The molecule has 0 unspecified atom stereocenters. The second-order valence-electron chi connectivity index (χ2n) is 27.1. The zero-order valence-electron chi connectivity index (χ0n) is 52.0. The predicted octanol–water partition coefficient (Wildman–Crippen LogP) is 24.7. The molecule has 19 rings (SSSR count). The van der Waals surface area contributed by atoms with Crippen molar-refractivity contribution in [1.29, 1.82) is 0 Å². The number of rotatable bonds is 8. The van der Waals surface area contributed by atoms with Gasteiger partial charge in [-0.3, -0.25) is 0 Å². The fourth-order valence-corrected chi connectivity index (χ4v) is 16.0. The SMILES string of the molecule is CC(C)(C)c1cccc2c1oc1c(N(c3ccccc3)c3cccc4c3c3cccc5c6c(-c7ccccc7)c7c(c(-c8ccccc8)c6n4c35)c3cccc4c5c(N(c6ccccc6)c6cccc8c6oc6c(C(C)(C)C)cccc68)cccc5n7c43)cccc12. The number of furan rings is 2. The van der Waals surface area contributed by atoms with Gasteiger partial charge < -0.3 is 27.4 Å². The van der Waals surface area contributed by atoms with Gasteiger partial charge in [0.2, 0.25) is 0 Å². The lowest BCUT2D eigenvalue weighted by molar-refractivity contribution is 0.572. The highest BCUT2D eigenvalue weighted by Gasteiger charge is 2.34. The summed E-state index contributed by atoms with van der Waals surface area (Å²) in [7, 11) is 0. The quantitative estimate of drug-likeness (QED) is 0.152. The van der Waals surface area contributed by atoms with Crippen LogP contribution in [0.4, 0.5) is 34.1 Å². The molecule has 0 aliphatic heterocycles. The van der Waals surface area contributed by atoms with Crippen molar-refractivity contribution in [2.45, 2.75) is 52.4 Å². The second kappa shape index (κ2) is 19.1. The Morgan fingerprint density at radius 2 is 0.565 bits per heavy atom. The molecule has 0 bridgehead atoms. The summed E-state index contributed by atoms with van der Waals surface area (Å²) in [6.07, 6.45) is 0. The van der Waals surface area contributed by atoms with Crippen LogP contribution in [0.3, 0.4) is 0 Å². The van der Waals surface area contributed by atoms with Crippen LogP contribution in [0.15, 0.2) is 276 Å². The smallest absolute Gasteiger partial charge is 0.159 e.